The molecule has 0 radical (unpaired) electrons. The zero-order valence-electron chi connectivity index (χ0n) is 10.9. The van der Waals surface area contributed by atoms with Crippen molar-refractivity contribution in [3.63, 3.8) is 0 Å². The van der Waals surface area contributed by atoms with E-state index < -0.39 is 12.0 Å². The first-order valence-electron chi connectivity index (χ1n) is 6.20. The number of aromatic amines is 1. The maximum Gasteiger partial charge on any atom is 0.320 e. The molecule has 0 saturated heterocycles. The average molecular weight is 325 g/mol. The van der Waals surface area contributed by atoms with Crippen LogP contribution in [0.3, 0.4) is 0 Å². The molecule has 0 spiro atoms. The Morgan fingerprint density at radius 1 is 1.47 bits per heavy atom. The van der Waals surface area contributed by atoms with E-state index in [9.17, 15) is 4.79 Å². The average Bonchev–Trinajstić information content (AvgIpc) is 2.71. The third-order valence-corrected chi connectivity index (χ3v) is 3.67. The highest BCUT2D eigenvalue weighted by Gasteiger charge is 2.20. The van der Waals surface area contributed by atoms with E-state index >= 15 is 0 Å². The minimum absolute atomic E-state index is 0.0504. The van der Waals surface area contributed by atoms with Gasteiger partial charge >= 0.3 is 5.97 Å². The third kappa shape index (κ3) is 3.16. The van der Waals surface area contributed by atoms with Gasteiger partial charge in [-0.25, -0.2) is 0 Å². The lowest BCUT2D eigenvalue weighted by Crippen LogP contribution is -2.40. The van der Waals surface area contributed by atoms with Crippen LogP contribution in [-0.4, -0.2) is 22.1 Å². The first kappa shape index (κ1) is 14.1. The van der Waals surface area contributed by atoms with Crippen LogP contribution < -0.4 is 5.32 Å². The number of benzene rings is 1. The summed E-state index contributed by atoms with van der Waals surface area (Å²) >= 11 is 3.45. The molecule has 19 heavy (non-hydrogen) atoms. The Bertz CT molecular complexity index is 592. The first-order valence-corrected chi connectivity index (χ1v) is 7.00. The molecule has 1 aromatic heterocycles. The zero-order chi connectivity index (χ0) is 14.0. The summed E-state index contributed by atoms with van der Waals surface area (Å²) in [4.78, 5) is 14.3. The Hall–Kier alpha value is -1.33. The second-order valence-corrected chi connectivity index (χ2v) is 5.86. The number of hydrogen-bond donors (Lipinski definition) is 3. The minimum atomic E-state index is -0.809. The first-order chi connectivity index (χ1) is 8.99. The van der Waals surface area contributed by atoms with Crippen molar-refractivity contribution in [3.05, 3.63) is 34.4 Å². The number of fused-ring (bicyclic) bond motifs is 1. The molecule has 0 aliphatic heterocycles. The maximum absolute atomic E-state index is 11.1. The number of rotatable bonds is 5. The smallest absolute Gasteiger partial charge is 0.320 e. The van der Waals surface area contributed by atoms with Gasteiger partial charge in [-0.3, -0.25) is 4.79 Å². The lowest BCUT2D eigenvalue weighted by Gasteiger charge is -2.17. The fraction of sp³-hybridized carbons (Fsp3) is 0.357. The number of carboxylic acids is 1. The molecular formula is C14H17BrN2O2. The van der Waals surface area contributed by atoms with Crippen molar-refractivity contribution in [2.75, 3.05) is 0 Å². The summed E-state index contributed by atoms with van der Waals surface area (Å²) < 4.78 is 1.01. The van der Waals surface area contributed by atoms with E-state index in [1.54, 1.807) is 0 Å². The summed E-state index contributed by atoms with van der Waals surface area (Å²) in [6.07, 6.45) is 1.92. The molecular weight excluding hydrogens is 308 g/mol. The lowest BCUT2D eigenvalue weighted by atomic mass is 10.0. The molecule has 1 atom stereocenters. The molecule has 102 valence electrons. The van der Waals surface area contributed by atoms with E-state index in [4.69, 9.17) is 5.11 Å². The molecule has 4 nitrogen and oxygen atoms in total. The Morgan fingerprint density at radius 3 is 2.84 bits per heavy atom. The van der Waals surface area contributed by atoms with Gasteiger partial charge in [0.1, 0.15) is 6.04 Å². The molecule has 0 aliphatic rings. The molecule has 0 amide bonds. The lowest BCUT2D eigenvalue weighted by molar-refractivity contribution is -0.140. The van der Waals surface area contributed by atoms with Crippen LogP contribution >= 0.6 is 15.9 Å². The highest BCUT2D eigenvalue weighted by Crippen LogP contribution is 2.22. The number of hydrogen-bond acceptors (Lipinski definition) is 2. The molecule has 0 bridgehead atoms. The number of H-pyrrole nitrogens is 1. The molecule has 2 rings (SSSR count). The number of nitrogens with one attached hydrogen (secondary N) is 2. The second kappa shape index (κ2) is 5.75. The van der Waals surface area contributed by atoms with Crippen molar-refractivity contribution < 1.29 is 9.90 Å². The molecule has 0 aliphatic carbocycles. The highest BCUT2D eigenvalue weighted by molar-refractivity contribution is 9.10. The second-order valence-electron chi connectivity index (χ2n) is 4.94. The van der Waals surface area contributed by atoms with Crippen LogP contribution in [0, 0.1) is 5.92 Å². The van der Waals surface area contributed by atoms with Gasteiger partial charge in [0.2, 0.25) is 0 Å². The van der Waals surface area contributed by atoms with Gasteiger partial charge in [0.25, 0.3) is 0 Å². The number of aromatic nitrogens is 1. The number of halogens is 1. The molecule has 0 fully saturated rings. The zero-order valence-corrected chi connectivity index (χ0v) is 12.5. The summed E-state index contributed by atoms with van der Waals surface area (Å²) in [6.45, 7) is 4.33. The van der Waals surface area contributed by atoms with Crippen molar-refractivity contribution in [1.82, 2.24) is 10.3 Å². The van der Waals surface area contributed by atoms with Gasteiger partial charge < -0.3 is 15.4 Å². The Labute approximate surface area is 120 Å². The van der Waals surface area contributed by atoms with Crippen molar-refractivity contribution in [3.8, 4) is 0 Å². The van der Waals surface area contributed by atoms with Crippen molar-refractivity contribution in [2.24, 2.45) is 5.92 Å². The highest BCUT2D eigenvalue weighted by atomic mass is 79.9. The topological polar surface area (TPSA) is 65.1 Å². The standard InChI is InChI=1S/C14H17BrN2O2/c1-8(2)13(14(18)19)17-7-9-6-16-12-4-3-10(15)5-11(9)12/h3-6,8,13,16-17H,7H2,1-2H3,(H,18,19). The van der Waals surface area contributed by atoms with Gasteiger partial charge in [-0.05, 0) is 29.7 Å². The van der Waals surface area contributed by atoms with Crippen LogP contribution in [0.15, 0.2) is 28.9 Å². The molecule has 5 heteroatoms. The van der Waals surface area contributed by atoms with E-state index in [1.165, 1.54) is 0 Å². The quantitative estimate of drug-likeness (QED) is 0.791. The Kier molecular flexibility index (Phi) is 4.27. The van der Waals surface area contributed by atoms with Gasteiger partial charge in [0.15, 0.2) is 0 Å². The van der Waals surface area contributed by atoms with Gasteiger partial charge in [0, 0.05) is 28.1 Å². The molecule has 1 heterocycles. The van der Waals surface area contributed by atoms with Gasteiger partial charge in [-0.15, -0.1) is 0 Å². The molecule has 1 unspecified atom stereocenters. The van der Waals surface area contributed by atoms with Crippen LogP contribution in [0.1, 0.15) is 19.4 Å². The summed E-state index contributed by atoms with van der Waals surface area (Å²) in [5.74, 6) is -0.759. The molecule has 2 aromatic rings. The van der Waals surface area contributed by atoms with Crippen LogP contribution in [0.2, 0.25) is 0 Å². The largest absolute Gasteiger partial charge is 0.480 e. The van der Waals surface area contributed by atoms with E-state index in [1.807, 2.05) is 38.2 Å². The predicted octanol–water partition coefficient (Wildman–Crippen LogP) is 3.13. The monoisotopic (exact) mass is 324 g/mol. The van der Waals surface area contributed by atoms with Gasteiger partial charge in [-0.1, -0.05) is 29.8 Å². The fourth-order valence-electron chi connectivity index (χ4n) is 2.12. The van der Waals surface area contributed by atoms with E-state index in [0.29, 0.717) is 6.54 Å². The number of aliphatic carboxylic acids is 1. The molecule has 1 aromatic carbocycles. The predicted molar refractivity (Wildman–Crippen MR) is 79.1 cm³/mol. The Balaban J connectivity index is 2.17. The van der Waals surface area contributed by atoms with Crippen molar-refractivity contribution >= 4 is 32.8 Å². The molecule has 3 N–H and O–H groups in total. The summed E-state index contributed by atoms with van der Waals surface area (Å²) in [7, 11) is 0. The number of carbonyl (C=O) groups is 1. The normalized spacial score (nSPS) is 13.1. The van der Waals surface area contributed by atoms with E-state index in [2.05, 4.69) is 26.2 Å². The SMILES string of the molecule is CC(C)C(NCc1c[nH]c2ccc(Br)cc12)C(=O)O. The van der Waals surface area contributed by atoms with Crippen molar-refractivity contribution in [2.45, 2.75) is 26.4 Å². The van der Waals surface area contributed by atoms with Crippen molar-refractivity contribution in [1.29, 1.82) is 0 Å². The van der Waals surface area contributed by atoms with Crippen LogP contribution in [0.5, 0.6) is 0 Å². The summed E-state index contributed by atoms with van der Waals surface area (Å²) in [6, 6.07) is 5.48. The summed E-state index contributed by atoms with van der Waals surface area (Å²) in [5.41, 5.74) is 2.12. The maximum atomic E-state index is 11.1. The fourth-order valence-corrected chi connectivity index (χ4v) is 2.49. The Morgan fingerprint density at radius 2 is 2.21 bits per heavy atom. The summed E-state index contributed by atoms with van der Waals surface area (Å²) in [5, 5.41) is 13.4. The van der Waals surface area contributed by atoms with Crippen LogP contribution in [-0.2, 0) is 11.3 Å². The molecule has 0 saturated carbocycles. The van der Waals surface area contributed by atoms with Gasteiger partial charge in [0.05, 0.1) is 0 Å². The van der Waals surface area contributed by atoms with E-state index in [-0.39, 0.29) is 5.92 Å². The third-order valence-electron chi connectivity index (χ3n) is 3.17. The van der Waals surface area contributed by atoms with E-state index in [0.717, 1.165) is 20.9 Å². The van der Waals surface area contributed by atoms with Crippen LogP contribution in [0.25, 0.3) is 10.9 Å². The van der Waals surface area contributed by atoms with Gasteiger partial charge in [-0.2, -0.15) is 0 Å². The van der Waals surface area contributed by atoms with Crippen LogP contribution in [0.4, 0.5) is 0 Å². The number of carboxylic acid groups (broad SMARTS) is 1. The minimum Gasteiger partial charge on any atom is -0.480 e.